The number of hydrogen-bond acceptors (Lipinski definition) is 12. The number of carbonyl (C=O) groups excluding carboxylic acids is 1. The fourth-order valence-corrected chi connectivity index (χ4v) is 16.0. The van der Waals surface area contributed by atoms with Crippen LogP contribution in [-0.4, -0.2) is 103 Å². The molecule has 3 unspecified atom stereocenters. The summed E-state index contributed by atoms with van der Waals surface area (Å²) in [4.78, 5) is 59.4. The molecule has 1 aromatic heterocycles. The van der Waals surface area contributed by atoms with E-state index in [-0.39, 0.29) is 62.0 Å². The number of aliphatic hydroxyl groups is 1. The van der Waals surface area contributed by atoms with Crippen LogP contribution in [-0.2, 0) is 45.6 Å². The van der Waals surface area contributed by atoms with E-state index in [9.17, 15) is 29.4 Å². The number of aryl methyl sites for hydroxylation is 2. The molecule has 13 rings (SSSR count). The van der Waals surface area contributed by atoms with Crippen LogP contribution in [0.3, 0.4) is 0 Å². The van der Waals surface area contributed by atoms with Crippen molar-refractivity contribution in [1.29, 1.82) is 0 Å². The van der Waals surface area contributed by atoms with Gasteiger partial charge >= 0.3 is 11.7 Å². The summed E-state index contributed by atoms with van der Waals surface area (Å²) in [5.74, 6) is 0.859. The Morgan fingerprint density at radius 1 is 0.809 bits per heavy atom. The highest BCUT2D eigenvalue weighted by atomic mass is 35.5. The molecule has 1 saturated heterocycles. The molecule has 4 N–H and O–H groups in total. The van der Waals surface area contributed by atoms with Crippen molar-refractivity contribution in [3.8, 4) is 23.0 Å². The van der Waals surface area contributed by atoms with Gasteiger partial charge in [0.2, 0.25) is 11.3 Å². The van der Waals surface area contributed by atoms with E-state index in [1.807, 2.05) is 78.9 Å². The number of benzene rings is 6. The third kappa shape index (κ3) is 11.2. The summed E-state index contributed by atoms with van der Waals surface area (Å²) in [5.41, 5.74) is 7.11. The number of nitrogens with zero attached hydrogens (tertiary/aromatic N) is 3. The van der Waals surface area contributed by atoms with E-state index in [2.05, 4.69) is 31.9 Å². The van der Waals surface area contributed by atoms with Crippen LogP contribution in [0.15, 0.2) is 118 Å². The second-order valence-corrected chi connectivity index (χ2v) is 25.5. The molecular weight excluding hydrogens is 1210 g/mol. The summed E-state index contributed by atoms with van der Waals surface area (Å²) in [6.45, 7) is 3.72. The fourth-order valence-electron chi connectivity index (χ4n) is 14.0. The minimum Gasteiger partial charge on any atom is -0.497 e. The number of hydrogen-bond donors (Lipinski definition) is 4. The lowest BCUT2D eigenvalue weighted by atomic mass is 9.80. The molecule has 0 aliphatic carbocycles. The molecule has 6 aromatic carbocycles. The van der Waals surface area contributed by atoms with Crippen molar-refractivity contribution in [3.05, 3.63) is 211 Å². The van der Waals surface area contributed by atoms with Crippen LogP contribution >= 0.6 is 46.6 Å². The lowest BCUT2D eigenvalue weighted by Gasteiger charge is -2.37. The van der Waals surface area contributed by atoms with E-state index in [0.29, 0.717) is 17.1 Å². The molecule has 1 amide bonds. The van der Waals surface area contributed by atoms with Gasteiger partial charge in [-0.3, -0.25) is 19.1 Å². The number of H-pyrrole nitrogens is 1. The molecule has 6 aliphatic rings. The number of halogens is 3. The van der Waals surface area contributed by atoms with Gasteiger partial charge in [0.15, 0.2) is 0 Å². The second kappa shape index (κ2) is 25.5. The van der Waals surface area contributed by atoms with Crippen molar-refractivity contribution >= 4 is 75.8 Å². The van der Waals surface area contributed by atoms with Crippen LogP contribution in [0.2, 0.25) is 15.1 Å². The molecule has 16 nitrogen and oxygen atoms in total. The number of carboxylic acids is 1. The predicted molar refractivity (Wildman–Crippen MR) is 345 cm³/mol. The Morgan fingerprint density at radius 3 is 2.22 bits per heavy atom. The molecular formula is C69H67Cl3N5O11S+. The number of nitrogens with one attached hydrogen (secondary N) is 2. The largest absolute Gasteiger partial charge is 0.497 e. The number of ether oxygens (including phenoxy) is 5. The van der Waals surface area contributed by atoms with Gasteiger partial charge in [-0.2, -0.15) is 0 Å². The number of anilines is 1. The van der Waals surface area contributed by atoms with E-state index in [1.165, 1.54) is 39.0 Å². The smallest absolute Gasteiger partial charge is 0.337 e. The highest BCUT2D eigenvalue weighted by molar-refractivity contribution is 8.00. The lowest BCUT2D eigenvalue weighted by molar-refractivity contribution is -0.118. The van der Waals surface area contributed by atoms with Gasteiger partial charge in [-0.25, -0.2) is 14.2 Å². The van der Waals surface area contributed by atoms with Crippen molar-refractivity contribution < 1.29 is 43.5 Å². The highest BCUT2D eigenvalue weighted by Crippen LogP contribution is 2.53. The number of rotatable bonds is 17. The van der Waals surface area contributed by atoms with Crippen molar-refractivity contribution in [3.63, 3.8) is 0 Å². The summed E-state index contributed by atoms with van der Waals surface area (Å²) in [6.07, 6.45) is 10.9. The molecule has 0 radical (unpaired) electrons. The van der Waals surface area contributed by atoms with Gasteiger partial charge < -0.3 is 44.1 Å². The molecule has 89 heavy (non-hydrogen) atoms. The average Bonchev–Trinajstić information content (AvgIpc) is 1.37. The molecule has 0 spiro atoms. The summed E-state index contributed by atoms with van der Waals surface area (Å²) in [5, 5.41) is 27.3. The number of aromatic carboxylic acids is 1. The highest BCUT2D eigenvalue weighted by Gasteiger charge is 2.43. The first-order valence-corrected chi connectivity index (χ1v) is 32.5. The van der Waals surface area contributed by atoms with Crippen molar-refractivity contribution in [1.82, 2.24) is 19.4 Å². The SMILES string of the molecule is COc1ccc(C(OCC2OC(n3cc(/C=C/CNC(=O)CSc4c(Cl)c(Cl)c(C(=O)O)c(C5=c6cc7c8c(c6Oc6c5cc5c9c6CCCN9CCCC5)CCC[N+]=8CCCC7)c4Cl)c(=O)[nH]c3=O)CC2O)(c2ccccc2)c2ccc(OC)cc2)cc1. The molecule has 0 bridgehead atoms. The topological polar surface area (TPSA) is 194 Å². The number of methoxy groups -OCH3 is 2. The number of aliphatic hydroxyl groups excluding tert-OH is 1. The normalized spacial score (nSPS) is 18.5. The Labute approximate surface area is 533 Å². The van der Waals surface area contributed by atoms with Crippen LogP contribution in [0.1, 0.15) is 117 Å². The molecule has 7 aromatic rings. The standard InChI is InChI=1S/C69H66Cl3N5O11S/c1-84-45-24-20-43(21-25-45)69(42-16-4-3-5-17-42,44-22-26-46(85-2)27-23-44)86-37-52-51(78)35-54(87-52)77-36-41(66(80)74-68(77)83)15-10-28-73-53(79)38-89-65-59(71)56(57(67(81)82)58(70)60(65)72)55-49-33-39-13-6-8-29-75-31-11-18-47(61(39)75)63(49)88-64-48-19-12-32-76-30-9-7-14-40(62(48)76)34-50(55)64/h3-5,10,15-17,20-27,33-34,36,51-52,54,78H,6-9,11-14,18-19,28-32,35,37-38H2,1-2H3,(H2-,73,74,79,80,81,82,83)/p+1/b15-10+. The number of carbonyl (C=O) groups is 2. The zero-order chi connectivity index (χ0) is 61.7. The Kier molecular flexibility index (Phi) is 17.4. The van der Waals surface area contributed by atoms with Crippen LogP contribution in [0.4, 0.5) is 5.69 Å². The van der Waals surface area contributed by atoms with Gasteiger partial charge in [0.25, 0.3) is 5.56 Å². The van der Waals surface area contributed by atoms with Crippen LogP contribution < -0.4 is 50.8 Å². The third-order valence-corrected chi connectivity index (χ3v) is 20.7. The van der Waals surface area contributed by atoms with E-state index in [1.54, 1.807) is 20.3 Å². The first-order valence-electron chi connectivity index (χ1n) is 30.4. The Morgan fingerprint density at radius 2 is 1.49 bits per heavy atom. The van der Waals surface area contributed by atoms with Crippen molar-refractivity contribution in [2.24, 2.45) is 0 Å². The zero-order valence-electron chi connectivity index (χ0n) is 49.3. The van der Waals surface area contributed by atoms with Crippen LogP contribution in [0.25, 0.3) is 11.6 Å². The third-order valence-electron chi connectivity index (χ3n) is 18.1. The summed E-state index contributed by atoms with van der Waals surface area (Å²) < 4.78 is 35.4. The number of carboxylic acid groups (broad SMARTS) is 1. The number of amides is 1. The average molecular weight is 1280 g/mol. The number of fused-ring (bicyclic) bond motifs is 4. The number of aromatic amines is 1. The Bertz CT molecular complexity index is 4200. The van der Waals surface area contributed by atoms with E-state index < -0.39 is 47.2 Å². The summed E-state index contributed by atoms with van der Waals surface area (Å²) in [6, 6.07) is 29.2. The fraction of sp³-hybridized carbons (Fsp3) is 0.348. The second-order valence-electron chi connectivity index (χ2n) is 23.4. The summed E-state index contributed by atoms with van der Waals surface area (Å²) >= 11 is 22.8. The Hall–Kier alpha value is -7.35. The van der Waals surface area contributed by atoms with Gasteiger partial charge in [0.1, 0.15) is 54.0 Å². The maximum Gasteiger partial charge on any atom is 0.337 e. The van der Waals surface area contributed by atoms with E-state index in [4.69, 9.17) is 58.5 Å². The number of thioether (sulfide) groups is 1. The zero-order valence-corrected chi connectivity index (χ0v) is 52.4. The van der Waals surface area contributed by atoms with Crippen LogP contribution in [0.5, 0.6) is 23.0 Å². The molecule has 3 atom stereocenters. The molecule has 460 valence electrons. The summed E-state index contributed by atoms with van der Waals surface area (Å²) in [7, 11) is 3.20. The Balaban J connectivity index is 0.755. The van der Waals surface area contributed by atoms with Gasteiger partial charge in [0.05, 0.1) is 64.4 Å². The van der Waals surface area contributed by atoms with Gasteiger partial charge in [-0.1, -0.05) is 102 Å². The monoisotopic (exact) mass is 1280 g/mol. The predicted octanol–water partition coefficient (Wildman–Crippen LogP) is 10.0. The van der Waals surface area contributed by atoms with Crippen molar-refractivity contribution in [2.75, 3.05) is 64.2 Å². The van der Waals surface area contributed by atoms with Gasteiger partial charge in [-0.05, 0) is 110 Å². The van der Waals surface area contributed by atoms with E-state index in [0.717, 1.165) is 152 Å². The lowest BCUT2D eigenvalue weighted by Crippen LogP contribution is -2.41. The first-order chi connectivity index (χ1) is 43.3. The molecule has 20 heteroatoms. The maximum absolute atomic E-state index is 13.8. The van der Waals surface area contributed by atoms with Gasteiger partial charge in [-0.15, -0.1) is 11.8 Å². The maximum atomic E-state index is 13.8. The quantitative estimate of drug-likeness (QED) is 0.0292. The number of aromatic nitrogens is 2. The van der Waals surface area contributed by atoms with E-state index >= 15 is 0 Å². The first kappa shape index (κ1) is 60.6. The molecule has 0 saturated carbocycles. The van der Waals surface area contributed by atoms with Crippen molar-refractivity contribution in [2.45, 2.75) is 99.6 Å². The molecule has 7 heterocycles. The minimum absolute atomic E-state index is 0.0114. The van der Waals surface area contributed by atoms with Crippen LogP contribution in [0, 0.1) is 0 Å². The molecule has 1 fully saturated rings. The van der Waals surface area contributed by atoms with Gasteiger partial charge in [0, 0.05) is 88.7 Å². The minimum atomic E-state index is -1.30. The molecule has 6 aliphatic heterocycles.